The van der Waals surface area contributed by atoms with Crippen LogP contribution in [0.25, 0.3) is 0 Å². The summed E-state index contributed by atoms with van der Waals surface area (Å²) in [6, 6.07) is 9.34. The third-order valence-corrected chi connectivity index (χ3v) is 4.11. The molecule has 16 heavy (non-hydrogen) atoms. The van der Waals surface area contributed by atoms with Crippen LogP contribution in [0.4, 0.5) is 5.69 Å². The van der Waals surface area contributed by atoms with E-state index in [1.54, 1.807) is 13.0 Å². The van der Waals surface area contributed by atoms with Gasteiger partial charge >= 0.3 is 0 Å². The van der Waals surface area contributed by atoms with Crippen LogP contribution < -0.4 is 5.73 Å². The van der Waals surface area contributed by atoms with Gasteiger partial charge in [-0.1, -0.05) is 22.0 Å². The van der Waals surface area contributed by atoms with Gasteiger partial charge in [0.15, 0.2) is 0 Å². The number of hydrogen-bond acceptors (Lipinski definition) is 3. The van der Waals surface area contributed by atoms with Crippen LogP contribution in [-0.2, 0) is 5.60 Å². The fraction of sp³-hybridized carbons (Fsp3) is 0.167. The summed E-state index contributed by atoms with van der Waals surface area (Å²) in [6.45, 7) is 1.76. The van der Waals surface area contributed by atoms with Gasteiger partial charge in [-0.05, 0) is 36.6 Å². The minimum absolute atomic E-state index is 0.599. The molecule has 3 N–H and O–H groups in total. The Kier molecular flexibility index (Phi) is 3.06. The Morgan fingerprint density at radius 3 is 2.75 bits per heavy atom. The molecule has 2 nitrogen and oxygen atoms in total. The lowest BCUT2D eigenvalue weighted by Crippen LogP contribution is -2.22. The predicted molar refractivity (Wildman–Crippen MR) is 71.5 cm³/mol. The second-order valence-electron chi connectivity index (χ2n) is 3.78. The molecule has 2 rings (SSSR count). The van der Waals surface area contributed by atoms with Crippen LogP contribution in [0.1, 0.15) is 17.4 Å². The van der Waals surface area contributed by atoms with E-state index in [2.05, 4.69) is 15.9 Å². The third kappa shape index (κ3) is 2.00. The summed E-state index contributed by atoms with van der Waals surface area (Å²) in [5, 5.41) is 12.5. The average molecular weight is 298 g/mol. The van der Waals surface area contributed by atoms with Crippen LogP contribution in [-0.4, -0.2) is 5.11 Å². The quantitative estimate of drug-likeness (QED) is 0.835. The van der Waals surface area contributed by atoms with E-state index in [0.717, 1.165) is 14.9 Å². The molecular weight excluding hydrogens is 286 g/mol. The molecule has 1 unspecified atom stereocenters. The number of nitrogens with two attached hydrogens (primary N) is 1. The van der Waals surface area contributed by atoms with Crippen LogP contribution in [0, 0.1) is 0 Å². The topological polar surface area (TPSA) is 46.2 Å². The van der Waals surface area contributed by atoms with Crippen LogP contribution in [0.3, 0.4) is 0 Å². The summed E-state index contributed by atoms with van der Waals surface area (Å²) in [7, 11) is 0. The highest BCUT2D eigenvalue weighted by Crippen LogP contribution is 2.36. The highest BCUT2D eigenvalue weighted by molar-refractivity contribution is 9.10. The highest BCUT2D eigenvalue weighted by Gasteiger charge is 2.28. The van der Waals surface area contributed by atoms with Gasteiger partial charge in [0.25, 0.3) is 0 Å². The van der Waals surface area contributed by atoms with Gasteiger partial charge in [-0.3, -0.25) is 0 Å². The summed E-state index contributed by atoms with van der Waals surface area (Å²) in [5.74, 6) is 0. The SMILES string of the molecule is CC(O)(c1cccs1)c1cc(Br)ccc1N. The summed E-state index contributed by atoms with van der Waals surface area (Å²) in [6.07, 6.45) is 0. The van der Waals surface area contributed by atoms with E-state index < -0.39 is 5.60 Å². The molecule has 2 aromatic rings. The molecule has 0 saturated carbocycles. The molecule has 0 aliphatic rings. The molecule has 0 amide bonds. The zero-order valence-corrected chi connectivity index (χ0v) is 11.2. The van der Waals surface area contributed by atoms with Gasteiger partial charge in [-0.25, -0.2) is 0 Å². The van der Waals surface area contributed by atoms with Gasteiger partial charge < -0.3 is 10.8 Å². The lowest BCUT2D eigenvalue weighted by molar-refractivity contribution is 0.107. The zero-order chi connectivity index (χ0) is 11.8. The monoisotopic (exact) mass is 297 g/mol. The number of rotatable bonds is 2. The Morgan fingerprint density at radius 1 is 1.38 bits per heavy atom. The number of benzene rings is 1. The van der Waals surface area contributed by atoms with E-state index in [1.165, 1.54) is 11.3 Å². The molecule has 0 aliphatic carbocycles. The number of aliphatic hydroxyl groups is 1. The van der Waals surface area contributed by atoms with Crippen molar-refractivity contribution in [2.75, 3.05) is 5.73 Å². The largest absolute Gasteiger partial charge is 0.398 e. The highest BCUT2D eigenvalue weighted by atomic mass is 79.9. The van der Waals surface area contributed by atoms with E-state index in [1.807, 2.05) is 29.6 Å². The minimum atomic E-state index is -1.04. The number of halogens is 1. The number of thiophene rings is 1. The Balaban J connectivity index is 2.55. The van der Waals surface area contributed by atoms with Crippen molar-refractivity contribution in [3.05, 3.63) is 50.6 Å². The summed E-state index contributed by atoms with van der Waals surface area (Å²) in [4.78, 5) is 0.886. The molecular formula is C12H12BrNOS. The van der Waals surface area contributed by atoms with E-state index in [4.69, 9.17) is 5.73 Å². The first kappa shape index (κ1) is 11.6. The van der Waals surface area contributed by atoms with Gasteiger partial charge in [0, 0.05) is 20.6 Å². The van der Waals surface area contributed by atoms with E-state index in [9.17, 15) is 5.11 Å². The van der Waals surface area contributed by atoms with Gasteiger partial charge in [-0.2, -0.15) is 0 Å². The molecule has 0 spiro atoms. The summed E-state index contributed by atoms with van der Waals surface area (Å²) < 4.78 is 0.911. The van der Waals surface area contributed by atoms with Crippen molar-refractivity contribution in [1.82, 2.24) is 0 Å². The molecule has 84 valence electrons. The smallest absolute Gasteiger partial charge is 0.123 e. The second kappa shape index (κ2) is 4.20. The third-order valence-electron chi connectivity index (χ3n) is 2.54. The van der Waals surface area contributed by atoms with Gasteiger partial charge in [0.2, 0.25) is 0 Å². The van der Waals surface area contributed by atoms with Gasteiger partial charge in [0.05, 0.1) is 0 Å². The predicted octanol–water partition coefficient (Wildman–Crippen LogP) is 3.35. The van der Waals surface area contributed by atoms with Crippen LogP contribution in [0.15, 0.2) is 40.2 Å². The van der Waals surface area contributed by atoms with Crippen LogP contribution >= 0.6 is 27.3 Å². The first-order valence-electron chi connectivity index (χ1n) is 4.83. The lowest BCUT2D eigenvalue weighted by Gasteiger charge is -2.24. The van der Waals surface area contributed by atoms with Crippen LogP contribution in [0.5, 0.6) is 0 Å². The van der Waals surface area contributed by atoms with E-state index in [0.29, 0.717) is 5.69 Å². The summed E-state index contributed by atoms with van der Waals surface area (Å²) in [5.41, 5.74) is 6.19. The van der Waals surface area contributed by atoms with Crippen molar-refractivity contribution in [2.24, 2.45) is 0 Å². The first-order valence-corrected chi connectivity index (χ1v) is 6.51. The molecule has 1 atom stereocenters. The molecule has 0 bridgehead atoms. The van der Waals surface area contributed by atoms with Crippen molar-refractivity contribution in [3.63, 3.8) is 0 Å². The molecule has 0 fully saturated rings. The average Bonchev–Trinajstić information content (AvgIpc) is 2.75. The Morgan fingerprint density at radius 2 is 2.12 bits per heavy atom. The summed E-state index contributed by atoms with van der Waals surface area (Å²) >= 11 is 4.91. The Labute approximate surface area is 107 Å². The normalized spacial score (nSPS) is 14.7. The van der Waals surface area contributed by atoms with Crippen molar-refractivity contribution in [3.8, 4) is 0 Å². The van der Waals surface area contributed by atoms with E-state index >= 15 is 0 Å². The molecule has 0 aliphatic heterocycles. The molecule has 4 heteroatoms. The molecule has 1 heterocycles. The molecule has 1 aromatic carbocycles. The maximum Gasteiger partial charge on any atom is 0.123 e. The number of anilines is 1. The van der Waals surface area contributed by atoms with Gasteiger partial charge in [-0.15, -0.1) is 11.3 Å². The van der Waals surface area contributed by atoms with Crippen molar-refractivity contribution >= 4 is 33.0 Å². The number of nitrogen functional groups attached to an aromatic ring is 1. The van der Waals surface area contributed by atoms with Crippen LogP contribution in [0.2, 0.25) is 0 Å². The van der Waals surface area contributed by atoms with Crippen molar-refractivity contribution in [2.45, 2.75) is 12.5 Å². The van der Waals surface area contributed by atoms with Crippen molar-refractivity contribution < 1.29 is 5.11 Å². The maximum absolute atomic E-state index is 10.6. The standard InChI is InChI=1S/C12H12BrNOS/c1-12(15,11-3-2-6-16-11)9-7-8(13)4-5-10(9)14/h2-7,15H,14H2,1H3. The second-order valence-corrected chi connectivity index (χ2v) is 5.64. The fourth-order valence-corrected chi connectivity index (χ4v) is 2.80. The van der Waals surface area contributed by atoms with Crippen molar-refractivity contribution in [1.29, 1.82) is 0 Å². The zero-order valence-electron chi connectivity index (χ0n) is 8.77. The first-order chi connectivity index (χ1) is 7.51. The Bertz CT molecular complexity index is 494. The lowest BCUT2D eigenvalue weighted by atomic mass is 9.93. The van der Waals surface area contributed by atoms with Gasteiger partial charge in [0.1, 0.15) is 5.60 Å². The Hall–Kier alpha value is -0.840. The maximum atomic E-state index is 10.6. The molecule has 1 aromatic heterocycles. The molecule has 0 saturated heterocycles. The fourth-order valence-electron chi connectivity index (χ4n) is 1.64. The molecule has 0 radical (unpaired) electrons. The van der Waals surface area contributed by atoms with E-state index in [-0.39, 0.29) is 0 Å². The number of hydrogen-bond donors (Lipinski definition) is 2. The minimum Gasteiger partial charge on any atom is -0.398 e.